The van der Waals surface area contributed by atoms with E-state index in [-0.39, 0.29) is 20.1 Å². The first-order valence-electron chi connectivity index (χ1n) is 14.0. The van der Waals surface area contributed by atoms with Crippen molar-refractivity contribution in [3.05, 3.63) is 170 Å². The van der Waals surface area contributed by atoms with Crippen LogP contribution < -0.4 is 0 Å². The van der Waals surface area contributed by atoms with Gasteiger partial charge in [0.05, 0.1) is 22.1 Å². The van der Waals surface area contributed by atoms with E-state index in [1.54, 1.807) is 0 Å². The van der Waals surface area contributed by atoms with Crippen molar-refractivity contribution in [3.63, 3.8) is 0 Å². The van der Waals surface area contributed by atoms with Crippen molar-refractivity contribution >= 4 is 22.1 Å². The summed E-state index contributed by atoms with van der Waals surface area (Å²) in [7, 11) is 0. The maximum atomic E-state index is 4.82. The zero-order valence-electron chi connectivity index (χ0n) is 23.3. The third kappa shape index (κ3) is 5.69. The Labute approximate surface area is 264 Å². The smallest absolute Gasteiger partial charge is 0.145 e. The summed E-state index contributed by atoms with van der Waals surface area (Å²) >= 11 is 0. The van der Waals surface area contributed by atoms with E-state index in [0.717, 1.165) is 56.2 Å². The maximum Gasteiger partial charge on any atom is 0.145 e. The fraction of sp³-hybridized carbons (Fsp3) is 0. The first-order valence-corrected chi connectivity index (χ1v) is 14.0. The largest absolute Gasteiger partial charge is 0.292 e. The molecular formula is C38H28IrN4. The quantitative estimate of drug-likeness (QED) is 0.181. The summed E-state index contributed by atoms with van der Waals surface area (Å²) in [5.74, 6) is 1.95. The molecule has 0 amide bonds. The molecule has 0 spiro atoms. The number of aromatic nitrogens is 4. The topological polar surface area (TPSA) is 35.6 Å². The second kappa shape index (κ2) is 12.8. The van der Waals surface area contributed by atoms with E-state index in [0.29, 0.717) is 0 Å². The van der Waals surface area contributed by atoms with Crippen LogP contribution in [0.4, 0.5) is 0 Å². The number of imidazole rings is 2. The van der Waals surface area contributed by atoms with Crippen molar-refractivity contribution in [2.75, 3.05) is 0 Å². The van der Waals surface area contributed by atoms with E-state index in [4.69, 9.17) is 9.97 Å². The summed E-state index contributed by atoms with van der Waals surface area (Å²) in [6.07, 6.45) is 0. The minimum absolute atomic E-state index is 0. The summed E-state index contributed by atoms with van der Waals surface area (Å²) in [6, 6.07) is 57.9. The fourth-order valence-corrected chi connectivity index (χ4v) is 5.29. The van der Waals surface area contributed by atoms with Gasteiger partial charge in [0.2, 0.25) is 0 Å². The molecule has 8 aromatic rings. The molecule has 0 aliphatic rings. The summed E-state index contributed by atoms with van der Waals surface area (Å²) in [5, 5.41) is 0. The van der Waals surface area contributed by atoms with Gasteiger partial charge >= 0.3 is 0 Å². The summed E-state index contributed by atoms with van der Waals surface area (Å²) in [5.41, 5.74) is 8.79. The standard InChI is InChI=1S/2C19H14N2.Ir/c2*1-3-9-15(10-4-1)19-20-17-13-7-8-14-18(17)21(19)16-11-5-2-6-12-16;/h2*1-14H;. The Kier molecular flexibility index (Phi) is 8.37. The van der Waals surface area contributed by atoms with Crippen LogP contribution in [-0.4, -0.2) is 19.1 Å². The number of fused-ring (bicyclic) bond motifs is 2. The average molecular weight is 733 g/mol. The van der Waals surface area contributed by atoms with Gasteiger partial charge in [0.1, 0.15) is 11.6 Å². The zero-order valence-corrected chi connectivity index (χ0v) is 25.7. The summed E-state index contributed by atoms with van der Waals surface area (Å²) in [4.78, 5) is 9.64. The number of hydrogen-bond donors (Lipinski definition) is 0. The van der Waals surface area contributed by atoms with Crippen molar-refractivity contribution < 1.29 is 20.1 Å². The van der Waals surface area contributed by atoms with Crippen molar-refractivity contribution in [2.24, 2.45) is 0 Å². The molecule has 0 saturated heterocycles. The minimum Gasteiger partial charge on any atom is -0.292 e. The van der Waals surface area contributed by atoms with Gasteiger partial charge in [0.15, 0.2) is 0 Å². The van der Waals surface area contributed by atoms with E-state index in [1.165, 1.54) is 0 Å². The van der Waals surface area contributed by atoms with Gasteiger partial charge < -0.3 is 0 Å². The van der Waals surface area contributed by atoms with Gasteiger partial charge in [-0.3, -0.25) is 9.13 Å². The predicted molar refractivity (Wildman–Crippen MR) is 173 cm³/mol. The first-order chi connectivity index (χ1) is 20.9. The number of para-hydroxylation sites is 6. The normalized spacial score (nSPS) is 10.6. The molecule has 0 aliphatic heterocycles. The van der Waals surface area contributed by atoms with E-state index in [2.05, 4.69) is 118 Å². The van der Waals surface area contributed by atoms with Crippen LogP contribution in [0, 0.1) is 0 Å². The number of hydrogen-bond acceptors (Lipinski definition) is 2. The molecule has 0 N–H and O–H groups in total. The van der Waals surface area contributed by atoms with Crippen molar-refractivity contribution in [3.8, 4) is 34.2 Å². The SMILES string of the molecule is [Ir].c1ccc(-c2nc3ccccc3n2-c2ccccc2)cc1.c1ccc(-c2nc3ccccc3n2-c2ccccc2)cc1. The molecule has 0 bridgehead atoms. The molecule has 43 heavy (non-hydrogen) atoms. The fourth-order valence-electron chi connectivity index (χ4n) is 5.29. The molecule has 4 nitrogen and oxygen atoms in total. The second-order valence-corrected chi connectivity index (χ2v) is 9.92. The van der Waals surface area contributed by atoms with Crippen molar-refractivity contribution in [1.82, 2.24) is 19.1 Å². The van der Waals surface area contributed by atoms with Crippen LogP contribution in [0.5, 0.6) is 0 Å². The Morgan fingerprint density at radius 2 is 0.628 bits per heavy atom. The third-order valence-corrected chi connectivity index (χ3v) is 7.21. The van der Waals surface area contributed by atoms with E-state index in [9.17, 15) is 0 Å². The van der Waals surface area contributed by atoms with Gasteiger partial charge in [-0.15, -0.1) is 0 Å². The van der Waals surface area contributed by atoms with Crippen LogP contribution >= 0.6 is 0 Å². The van der Waals surface area contributed by atoms with Gasteiger partial charge in [-0.2, -0.15) is 0 Å². The maximum absolute atomic E-state index is 4.82. The summed E-state index contributed by atoms with van der Waals surface area (Å²) < 4.78 is 4.43. The molecule has 6 aromatic carbocycles. The number of nitrogens with zero attached hydrogens (tertiary/aromatic N) is 4. The Hall–Kier alpha value is -5.09. The van der Waals surface area contributed by atoms with Crippen molar-refractivity contribution in [2.45, 2.75) is 0 Å². The zero-order chi connectivity index (χ0) is 28.1. The Morgan fingerprint density at radius 3 is 1.00 bits per heavy atom. The van der Waals surface area contributed by atoms with Gasteiger partial charge in [0.25, 0.3) is 0 Å². The molecule has 8 rings (SSSR count). The number of benzene rings is 6. The molecule has 0 unspecified atom stereocenters. The number of rotatable bonds is 4. The van der Waals surface area contributed by atoms with Crippen LogP contribution in [0.2, 0.25) is 0 Å². The molecule has 1 radical (unpaired) electrons. The van der Waals surface area contributed by atoms with Crippen LogP contribution in [-0.2, 0) is 20.1 Å². The van der Waals surface area contributed by atoms with E-state index < -0.39 is 0 Å². The molecule has 2 aromatic heterocycles. The predicted octanol–water partition coefficient (Wildman–Crippen LogP) is 9.38. The van der Waals surface area contributed by atoms with Gasteiger partial charge in [0, 0.05) is 42.6 Å². The average Bonchev–Trinajstić information content (AvgIpc) is 3.66. The molecular weight excluding hydrogens is 705 g/mol. The Morgan fingerprint density at radius 1 is 0.326 bits per heavy atom. The van der Waals surface area contributed by atoms with Crippen LogP contribution in [0.25, 0.3) is 56.2 Å². The van der Waals surface area contributed by atoms with E-state index in [1.807, 2.05) is 60.7 Å². The second-order valence-electron chi connectivity index (χ2n) is 9.92. The molecule has 5 heteroatoms. The molecule has 0 aliphatic carbocycles. The van der Waals surface area contributed by atoms with Gasteiger partial charge in [-0.1, -0.05) is 121 Å². The third-order valence-electron chi connectivity index (χ3n) is 7.21. The molecule has 0 atom stereocenters. The van der Waals surface area contributed by atoms with Crippen LogP contribution in [0.15, 0.2) is 170 Å². The Bertz CT molecular complexity index is 1910. The minimum atomic E-state index is 0. The first kappa shape index (κ1) is 28.0. The van der Waals surface area contributed by atoms with Crippen molar-refractivity contribution in [1.29, 1.82) is 0 Å². The van der Waals surface area contributed by atoms with Crippen LogP contribution in [0.1, 0.15) is 0 Å². The monoisotopic (exact) mass is 733 g/mol. The molecule has 2 heterocycles. The van der Waals surface area contributed by atoms with Gasteiger partial charge in [-0.05, 0) is 48.5 Å². The molecule has 0 fully saturated rings. The molecule has 209 valence electrons. The van der Waals surface area contributed by atoms with E-state index >= 15 is 0 Å². The van der Waals surface area contributed by atoms with Crippen LogP contribution in [0.3, 0.4) is 0 Å². The molecule has 0 saturated carbocycles. The Balaban J connectivity index is 0.000000150. The summed E-state index contributed by atoms with van der Waals surface area (Å²) in [6.45, 7) is 0. The van der Waals surface area contributed by atoms with Gasteiger partial charge in [-0.25, -0.2) is 9.97 Å².